The number of carbonyl (C=O) groups is 4. The first-order valence-corrected chi connectivity index (χ1v) is 17.6. The maximum absolute atomic E-state index is 13.7. The quantitative estimate of drug-likeness (QED) is 0.0463. The van der Waals surface area contributed by atoms with E-state index in [1.807, 2.05) is 73.7 Å². The molecule has 0 aromatic heterocycles. The van der Waals surface area contributed by atoms with Crippen LogP contribution >= 0.6 is 11.8 Å². The van der Waals surface area contributed by atoms with Crippen molar-refractivity contribution in [2.75, 3.05) is 17.2 Å². The molecule has 0 saturated heterocycles. The molecule has 258 valence electrons. The lowest BCUT2D eigenvalue weighted by Crippen LogP contribution is -2.30. The summed E-state index contributed by atoms with van der Waals surface area (Å²) in [6.45, 7) is 4.19. The molecule has 5 aromatic rings. The zero-order valence-corrected chi connectivity index (χ0v) is 29.2. The smallest absolute Gasteiger partial charge is 0.338 e. The van der Waals surface area contributed by atoms with Gasteiger partial charge in [-0.25, -0.2) is 4.79 Å². The fourth-order valence-electron chi connectivity index (χ4n) is 4.94. The van der Waals surface area contributed by atoms with Crippen LogP contribution in [0.5, 0.6) is 0 Å². The molecule has 8 nitrogen and oxygen atoms in total. The first-order chi connectivity index (χ1) is 24.8. The van der Waals surface area contributed by atoms with Gasteiger partial charge in [0.15, 0.2) is 0 Å². The van der Waals surface area contributed by atoms with E-state index >= 15 is 0 Å². The van der Waals surface area contributed by atoms with Gasteiger partial charge in [0.1, 0.15) is 5.70 Å². The van der Waals surface area contributed by atoms with Crippen molar-refractivity contribution in [1.82, 2.24) is 5.32 Å². The van der Waals surface area contributed by atoms with Crippen LogP contribution in [0.1, 0.15) is 53.0 Å². The summed E-state index contributed by atoms with van der Waals surface area (Å²) >= 11 is 1.33. The summed E-state index contributed by atoms with van der Waals surface area (Å²) in [6.07, 6.45) is 3.38. The number of thioether (sulfide) groups is 1. The number of esters is 1. The summed E-state index contributed by atoms with van der Waals surface area (Å²) < 4.78 is 5.24. The maximum Gasteiger partial charge on any atom is 0.338 e. The number of benzene rings is 5. The van der Waals surface area contributed by atoms with Gasteiger partial charge >= 0.3 is 5.97 Å². The van der Waals surface area contributed by atoms with Gasteiger partial charge in [-0.3, -0.25) is 14.4 Å². The zero-order valence-electron chi connectivity index (χ0n) is 28.4. The minimum atomic E-state index is -0.503. The second kappa shape index (κ2) is 18.2. The van der Waals surface area contributed by atoms with E-state index in [-0.39, 0.29) is 11.6 Å². The van der Waals surface area contributed by atoms with E-state index in [4.69, 9.17) is 4.74 Å². The molecular formula is C42H39N3O5S. The molecule has 0 spiro atoms. The van der Waals surface area contributed by atoms with Crippen molar-refractivity contribution < 1.29 is 23.9 Å². The van der Waals surface area contributed by atoms with E-state index < -0.39 is 23.0 Å². The van der Waals surface area contributed by atoms with Crippen LogP contribution in [0, 0.1) is 0 Å². The van der Waals surface area contributed by atoms with Crippen LogP contribution in [0.3, 0.4) is 0 Å². The first-order valence-electron chi connectivity index (χ1n) is 16.7. The molecule has 0 fully saturated rings. The van der Waals surface area contributed by atoms with Crippen LogP contribution in [0.25, 0.3) is 17.2 Å². The number of rotatable bonds is 14. The Morgan fingerprint density at radius 2 is 1.37 bits per heavy atom. The number of hydrogen-bond donors (Lipinski definition) is 3. The number of unbranched alkanes of at least 4 members (excludes halogenated alkanes) is 1. The van der Waals surface area contributed by atoms with E-state index in [2.05, 4.69) is 16.0 Å². The molecule has 9 heteroatoms. The molecule has 5 rings (SSSR count). The van der Waals surface area contributed by atoms with Gasteiger partial charge in [-0.2, -0.15) is 0 Å². The lowest BCUT2D eigenvalue weighted by atomic mass is 10.0. The minimum Gasteiger partial charge on any atom is -0.462 e. The summed E-state index contributed by atoms with van der Waals surface area (Å²) in [5.74, 6) is -1.53. The van der Waals surface area contributed by atoms with E-state index in [0.29, 0.717) is 29.1 Å². The van der Waals surface area contributed by atoms with Crippen LogP contribution < -0.4 is 16.0 Å². The number of carbonyl (C=O) groups excluding carboxylic acids is 4. The van der Waals surface area contributed by atoms with Gasteiger partial charge in [0.25, 0.3) is 11.8 Å². The lowest BCUT2D eigenvalue weighted by molar-refractivity contribution is -0.115. The Labute approximate surface area is 302 Å². The third-order valence-corrected chi connectivity index (χ3v) is 8.84. The van der Waals surface area contributed by atoms with Crippen molar-refractivity contribution >= 4 is 52.9 Å². The Bertz CT molecular complexity index is 1980. The standard InChI is InChI=1S/C42H39N3O5S/c1-3-4-26-50-42(49)34-22-24-35(25-23-34)43-39(46)29(2)51-37-17-11-16-36(28-37)44-41(48)38(45-40(47)33-14-9-6-10-15-33)27-30-18-20-32(21-19-30)31-12-7-5-8-13-31/h5-25,27-29H,3-4,26H2,1-2H3,(H,43,46)(H,44,48)(H,45,47)/b38-27+. The Morgan fingerprint density at radius 1 is 0.706 bits per heavy atom. The second-order valence-electron chi connectivity index (χ2n) is 11.7. The van der Waals surface area contributed by atoms with Crippen molar-refractivity contribution in [2.24, 2.45) is 0 Å². The summed E-state index contributed by atoms with van der Waals surface area (Å²) in [7, 11) is 0. The van der Waals surface area contributed by atoms with Crippen LogP contribution in [0.2, 0.25) is 0 Å². The normalized spacial score (nSPS) is 11.6. The highest BCUT2D eigenvalue weighted by atomic mass is 32.2. The van der Waals surface area contributed by atoms with E-state index in [1.165, 1.54) is 11.8 Å². The molecule has 0 aliphatic rings. The fourth-order valence-corrected chi connectivity index (χ4v) is 5.87. The van der Waals surface area contributed by atoms with Gasteiger partial charge in [0.2, 0.25) is 5.91 Å². The van der Waals surface area contributed by atoms with Crippen LogP contribution in [0.4, 0.5) is 11.4 Å². The van der Waals surface area contributed by atoms with Gasteiger partial charge < -0.3 is 20.7 Å². The lowest BCUT2D eigenvalue weighted by Gasteiger charge is -2.14. The zero-order chi connectivity index (χ0) is 36.0. The van der Waals surface area contributed by atoms with Gasteiger partial charge in [0.05, 0.1) is 17.4 Å². The van der Waals surface area contributed by atoms with Crippen molar-refractivity contribution in [3.05, 3.63) is 156 Å². The minimum absolute atomic E-state index is 0.0716. The fraction of sp³-hybridized carbons (Fsp3) is 0.143. The molecule has 5 aromatic carbocycles. The Balaban J connectivity index is 1.25. The molecule has 0 heterocycles. The molecule has 0 aliphatic heterocycles. The monoisotopic (exact) mass is 697 g/mol. The molecule has 0 aliphatic carbocycles. The predicted octanol–water partition coefficient (Wildman–Crippen LogP) is 8.84. The van der Waals surface area contributed by atoms with Crippen molar-refractivity contribution in [3.63, 3.8) is 0 Å². The van der Waals surface area contributed by atoms with Gasteiger partial charge in [-0.15, -0.1) is 11.8 Å². The third kappa shape index (κ3) is 10.8. The first kappa shape index (κ1) is 36.4. The number of anilines is 2. The molecule has 1 unspecified atom stereocenters. The van der Waals surface area contributed by atoms with Gasteiger partial charge in [0, 0.05) is 21.8 Å². The summed E-state index contributed by atoms with van der Waals surface area (Å²) in [5, 5.41) is 8.08. The number of ether oxygens (including phenoxy) is 1. The highest BCUT2D eigenvalue weighted by Gasteiger charge is 2.18. The molecule has 3 amide bonds. The molecule has 51 heavy (non-hydrogen) atoms. The SMILES string of the molecule is CCCCOC(=O)c1ccc(NC(=O)C(C)Sc2cccc(NC(=O)/C(=C\c3ccc(-c4ccccc4)cc3)NC(=O)c3ccccc3)c2)cc1. The average molecular weight is 698 g/mol. The number of amides is 3. The van der Waals surface area contributed by atoms with Crippen molar-refractivity contribution in [3.8, 4) is 11.1 Å². The molecule has 0 saturated carbocycles. The van der Waals surface area contributed by atoms with Gasteiger partial charge in [-0.1, -0.05) is 92.2 Å². The summed E-state index contributed by atoms with van der Waals surface area (Å²) in [4.78, 5) is 52.7. The molecule has 0 bridgehead atoms. The van der Waals surface area contributed by atoms with E-state index in [1.54, 1.807) is 79.7 Å². The van der Waals surface area contributed by atoms with Crippen molar-refractivity contribution in [1.29, 1.82) is 0 Å². The highest BCUT2D eigenvalue weighted by molar-refractivity contribution is 8.00. The van der Waals surface area contributed by atoms with E-state index in [0.717, 1.165) is 34.4 Å². The van der Waals surface area contributed by atoms with Crippen LogP contribution in [0.15, 0.2) is 144 Å². The topological polar surface area (TPSA) is 114 Å². The van der Waals surface area contributed by atoms with Crippen LogP contribution in [-0.4, -0.2) is 35.5 Å². The molecule has 1 atom stereocenters. The van der Waals surface area contributed by atoms with E-state index in [9.17, 15) is 19.2 Å². The highest BCUT2D eigenvalue weighted by Crippen LogP contribution is 2.27. The van der Waals surface area contributed by atoms with Crippen molar-refractivity contribution in [2.45, 2.75) is 36.8 Å². The summed E-state index contributed by atoms with van der Waals surface area (Å²) in [5.41, 5.74) is 4.81. The maximum atomic E-state index is 13.7. The molecule has 3 N–H and O–H groups in total. The predicted molar refractivity (Wildman–Crippen MR) is 204 cm³/mol. The summed E-state index contributed by atoms with van der Waals surface area (Å²) in [6, 6.07) is 40.1. The second-order valence-corrected chi connectivity index (χ2v) is 13.1. The Hall–Kier alpha value is -5.93. The Morgan fingerprint density at radius 3 is 2.06 bits per heavy atom. The number of nitrogens with one attached hydrogen (secondary N) is 3. The third-order valence-electron chi connectivity index (χ3n) is 7.75. The molecular weight excluding hydrogens is 659 g/mol. The molecule has 0 radical (unpaired) electrons. The van der Waals surface area contributed by atoms with Crippen LogP contribution in [-0.2, 0) is 14.3 Å². The number of hydrogen-bond acceptors (Lipinski definition) is 6. The average Bonchev–Trinajstić information content (AvgIpc) is 3.16. The Kier molecular flexibility index (Phi) is 13.0. The largest absolute Gasteiger partial charge is 0.462 e. The van der Waals surface area contributed by atoms with Gasteiger partial charge in [-0.05, 0) is 90.7 Å².